The average Bonchev–Trinajstić information content (AvgIpc) is 2.13. The van der Waals surface area contributed by atoms with Gasteiger partial charge in [0.2, 0.25) is 10.0 Å². The molecule has 0 aliphatic heterocycles. The highest BCUT2D eigenvalue weighted by atomic mass is 32.2. The Bertz CT molecular complexity index is 505. The highest BCUT2D eigenvalue weighted by Crippen LogP contribution is 2.10. The first-order valence-corrected chi connectivity index (χ1v) is 6.65. The molecule has 1 amide bonds. The molecular weight excluding hydrogens is 242 g/mol. The Morgan fingerprint density at radius 1 is 1.35 bits per heavy atom. The number of nitrogens with two attached hydrogens (primary N) is 2. The van der Waals surface area contributed by atoms with Crippen LogP contribution in [-0.4, -0.2) is 26.6 Å². The fourth-order valence-corrected chi connectivity index (χ4v) is 1.74. The number of hydrogen-bond acceptors (Lipinski definition) is 4. The molecule has 17 heavy (non-hydrogen) atoms. The molecule has 0 unspecified atom stereocenters. The predicted molar refractivity (Wildman–Crippen MR) is 65.9 cm³/mol. The van der Waals surface area contributed by atoms with Crippen LogP contribution in [0.5, 0.6) is 0 Å². The standard InChI is InChI=1S/C10H15N3O3S/c1-7-4-8(6-9(11)5-7)10(14)13-2-3-17(12,15)16/h4-6H,2-3,11H2,1H3,(H,13,14)(H2,12,15,16). The molecular formula is C10H15N3O3S. The fraction of sp³-hybridized carbons (Fsp3) is 0.300. The molecule has 0 radical (unpaired) electrons. The van der Waals surface area contributed by atoms with Crippen molar-refractivity contribution in [3.05, 3.63) is 29.3 Å². The van der Waals surface area contributed by atoms with Crippen LogP contribution in [0.4, 0.5) is 5.69 Å². The highest BCUT2D eigenvalue weighted by molar-refractivity contribution is 7.89. The van der Waals surface area contributed by atoms with Gasteiger partial charge in [-0.05, 0) is 30.7 Å². The molecule has 5 N–H and O–H groups in total. The number of sulfonamides is 1. The molecule has 7 heteroatoms. The largest absolute Gasteiger partial charge is 0.399 e. The lowest BCUT2D eigenvalue weighted by atomic mass is 10.1. The molecule has 0 heterocycles. The van der Waals surface area contributed by atoms with Gasteiger partial charge in [0, 0.05) is 17.8 Å². The zero-order chi connectivity index (χ0) is 13.1. The molecule has 1 aromatic carbocycles. The van der Waals surface area contributed by atoms with E-state index in [4.69, 9.17) is 10.9 Å². The van der Waals surface area contributed by atoms with E-state index in [2.05, 4.69) is 5.32 Å². The van der Waals surface area contributed by atoms with Crippen molar-refractivity contribution in [2.24, 2.45) is 5.14 Å². The lowest BCUT2D eigenvalue weighted by molar-refractivity contribution is 0.0956. The second-order valence-electron chi connectivity index (χ2n) is 3.76. The van der Waals surface area contributed by atoms with Gasteiger partial charge in [0.1, 0.15) is 0 Å². The van der Waals surface area contributed by atoms with E-state index < -0.39 is 10.0 Å². The maximum atomic E-state index is 11.6. The summed E-state index contributed by atoms with van der Waals surface area (Å²) >= 11 is 0. The summed E-state index contributed by atoms with van der Waals surface area (Å²) in [5.74, 6) is -0.663. The van der Waals surface area contributed by atoms with Gasteiger partial charge in [0.25, 0.3) is 5.91 Å². The number of aryl methyl sites for hydroxylation is 1. The van der Waals surface area contributed by atoms with Crippen LogP contribution >= 0.6 is 0 Å². The van der Waals surface area contributed by atoms with Gasteiger partial charge in [0.15, 0.2) is 0 Å². The first-order chi connectivity index (χ1) is 7.78. The van der Waals surface area contributed by atoms with Crippen molar-refractivity contribution in [1.82, 2.24) is 5.32 Å². The summed E-state index contributed by atoms with van der Waals surface area (Å²) < 4.78 is 21.3. The normalized spacial score (nSPS) is 11.2. The molecule has 0 fully saturated rings. The van der Waals surface area contributed by atoms with E-state index in [1.807, 2.05) is 6.92 Å². The maximum Gasteiger partial charge on any atom is 0.251 e. The molecule has 0 atom stereocenters. The van der Waals surface area contributed by atoms with E-state index >= 15 is 0 Å². The van der Waals surface area contributed by atoms with Gasteiger partial charge >= 0.3 is 0 Å². The maximum absolute atomic E-state index is 11.6. The number of benzene rings is 1. The fourth-order valence-electron chi connectivity index (χ4n) is 1.35. The van der Waals surface area contributed by atoms with Crippen molar-refractivity contribution in [3.8, 4) is 0 Å². The van der Waals surface area contributed by atoms with Crippen LogP contribution in [0.2, 0.25) is 0 Å². The van der Waals surface area contributed by atoms with Crippen LogP contribution in [0.15, 0.2) is 18.2 Å². The summed E-state index contributed by atoms with van der Waals surface area (Å²) in [7, 11) is -3.56. The monoisotopic (exact) mass is 257 g/mol. The average molecular weight is 257 g/mol. The van der Waals surface area contributed by atoms with Gasteiger partial charge in [-0.3, -0.25) is 4.79 Å². The van der Waals surface area contributed by atoms with E-state index in [0.29, 0.717) is 11.3 Å². The molecule has 0 saturated carbocycles. The van der Waals surface area contributed by atoms with Crippen LogP contribution in [0.25, 0.3) is 0 Å². The molecule has 6 nitrogen and oxygen atoms in total. The molecule has 0 saturated heterocycles. The van der Waals surface area contributed by atoms with E-state index in [1.54, 1.807) is 12.1 Å². The van der Waals surface area contributed by atoms with Crippen molar-refractivity contribution < 1.29 is 13.2 Å². The van der Waals surface area contributed by atoms with Gasteiger partial charge in [0.05, 0.1) is 5.75 Å². The Morgan fingerprint density at radius 2 is 2.00 bits per heavy atom. The van der Waals surface area contributed by atoms with Crippen LogP contribution in [0.1, 0.15) is 15.9 Å². The minimum absolute atomic E-state index is 0.0223. The first kappa shape index (κ1) is 13.5. The molecule has 0 aromatic heterocycles. The molecule has 1 rings (SSSR count). The summed E-state index contributed by atoms with van der Waals surface area (Å²) in [6.07, 6.45) is 0. The Hall–Kier alpha value is -1.60. The predicted octanol–water partition coefficient (Wildman–Crippen LogP) is -0.404. The third-order valence-corrected chi connectivity index (χ3v) is 2.81. The smallest absolute Gasteiger partial charge is 0.251 e. The number of hydrogen-bond donors (Lipinski definition) is 3. The van der Waals surface area contributed by atoms with Crippen LogP contribution in [0, 0.1) is 6.92 Å². The summed E-state index contributed by atoms with van der Waals surface area (Å²) in [4.78, 5) is 11.6. The first-order valence-electron chi connectivity index (χ1n) is 4.94. The molecule has 0 aliphatic carbocycles. The summed E-state index contributed by atoms with van der Waals surface area (Å²) in [5.41, 5.74) is 7.35. The molecule has 1 aromatic rings. The number of carbonyl (C=O) groups excluding carboxylic acids is 1. The third kappa shape index (κ3) is 4.83. The van der Waals surface area contributed by atoms with Crippen molar-refractivity contribution >= 4 is 21.6 Å². The second-order valence-corrected chi connectivity index (χ2v) is 5.49. The van der Waals surface area contributed by atoms with E-state index in [-0.39, 0.29) is 18.2 Å². The van der Waals surface area contributed by atoms with E-state index in [1.165, 1.54) is 6.07 Å². The molecule has 0 spiro atoms. The van der Waals surface area contributed by atoms with Crippen molar-refractivity contribution in [2.75, 3.05) is 18.0 Å². The SMILES string of the molecule is Cc1cc(N)cc(C(=O)NCCS(N)(=O)=O)c1. The summed E-state index contributed by atoms with van der Waals surface area (Å²) in [6.45, 7) is 1.79. The number of primary sulfonamides is 1. The van der Waals surface area contributed by atoms with Gasteiger partial charge in [-0.25, -0.2) is 13.6 Å². The quantitative estimate of drug-likeness (QED) is 0.636. The number of nitrogens with one attached hydrogen (secondary N) is 1. The molecule has 0 aliphatic rings. The van der Waals surface area contributed by atoms with Crippen molar-refractivity contribution in [1.29, 1.82) is 0 Å². The number of amides is 1. The topological polar surface area (TPSA) is 115 Å². The minimum atomic E-state index is -3.56. The summed E-state index contributed by atoms with van der Waals surface area (Å²) in [5, 5.41) is 7.27. The molecule has 94 valence electrons. The van der Waals surface area contributed by atoms with Gasteiger partial charge < -0.3 is 11.1 Å². The number of nitrogen functional groups attached to an aromatic ring is 1. The Labute approximate surface area is 100 Å². The van der Waals surface area contributed by atoms with E-state index in [9.17, 15) is 13.2 Å². The van der Waals surface area contributed by atoms with Gasteiger partial charge in [-0.2, -0.15) is 0 Å². The van der Waals surface area contributed by atoms with Gasteiger partial charge in [-0.1, -0.05) is 0 Å². The van der Waals surface area contributed by atoms with Crippen LogP contribution in [0.3, 0.4) is 0 Å². The van der Waals surface area contributed by atoms with Gasteiger partial charge in [-0.15, -0.1) is 0 Å². The zero-order valence-corrected chi connectivity index (χ0v) is 10.3. The molecule has 0 bridgehead atoms. The Morgan fingerprint density at radius 3 is 2.53 bits per heavy atom. The Balaban J connectivity index is 2.64. The highest BCUT2D eigenvalue weighted by Gasteiger charge is 2.08. The third-order valence-electron chi connectivity index (χ3n) is 2.03. The minimum Gasteiger partial charge on any atom is -0.399 e. The second kappa shape index (κ2) is 5.15. The Kier molecular flexibility index (Phi) is 4.08. The number of rotatable bonds is 4. The van der Waals surface area contributed by atoms with E-state index in [0.717, 1.165) is 5.56 Å². The van der Waals surface area contributed by atoms with Crippen molar-refractivity contribution in [2.45, 2.75) is 6.92 Å². The lowest BCUT2D eigenvalue weighted by Gasteiger charge is -2.06. The number of carbonyl (C=O) groups is 1. The number of anilines is 1. The lowest BCUT2D eigenvalue weighted by Crippen LogP contribution is -2.31. The van der Waals surface area contributed by atoms with Crippen LogP contribution in [-0.2, 0) is 10.0 Å². The van der Waals surface area contributed by atoms with Crippen LogP contribution < -0.4 is 16.2 Å². The summed E-state index contributed by atoms with van der Waals surface area (Å²) in [6, 6.07) is 4.93. The van der Waals surface area contributed by atoms with Crippen molar-refractivity contribution in [3.63, 3.8) is 0 Å². The zero-order valence-electron chi connectivity index (χ0n) is 9.43.